The topological polar surface area (TPSA) is 38.8 Å². The molecule has 0 spiro atoms. The number of hydrogen-bond donors (Lipinski definition) is 1. The van der Waals surface area contributed by atoms with Crippen LogP contribution in [0.1, 0.15) is 25.8 Å². The van der Waals surface area contributed by atoms with E-state index in [1.54, 1.807) is 0 Å². The molecular weight excluding hydrogens is 360 g/mol. The zero-order valence-corrected chi connectivity index (χ0v) is 18.0. The van der Waals surface area contributed by atoms with Gasteiger partial charge in [-0.05, 0) is 50.7 Å². The maximum atomic E-state index is 12.5. The van der Waals surface area contributed by atoms with E-state index in [0.29, 0.717) is 12.5 Å². The SMILES string of the molecule is CC(C)N(CCC(=O)Nc1ccc(N2CCN(C)CC2)cc1)Cc1ccccc1. The Morgan fingerprint density at radius 2 is 1.66 bits per heavy atom. The van der Waals surface area contributed by atoms with Crippen molar-refractivity contribution in [3.8, 4) is 0 Å². The molecule has 0 atom stereocenters. The number of likely N-dealkylation sites (N-methyl/N-ethyl adjacent to an activating group) is 1. The van der Waals surface area contributed by atoms with Gasteiger partial charge in [0.25, 0.3) is 0 Å². The molecule has 1 aliphatic heterocycles. The predicted molar refractivity (Wildman–Crippen MR) is 121 cm³/mol. The average Bonchev–Trinajstić information content (AvgIpc) is 2.73. The summed E-state index contributed by atoms with van der Waals surface area (Å²) in [7, 11) is 2.16. The highest BCUT2D eigenvalue weighted by atomic mass is 16.1. The van der Waals surface area contributed by atoms with Gasteiger partial charge in [-0.25, -0.2) is 0 Å². The van der Waals surface area contributed by atoms with Crippen LogP contribution in [-0.2, 0) is 11.3 Å². The van der Waals surface area contributed by atoms with Gasteiger partial charge in [-0.1, -0.05) is 30.3 Å². The number of rotatable bonds is 8. The van der Waals surface area contributed by atoms with Crippen LogP contribution in [0.4, 0.5) is 11.4 Å². The highest BCUT2D eigenvalue weighted by Gasteiger charge is 2.15. The average molecular weight is 395 g/mol. The summed E-state index contributed by atoms with van der Waals surface area (Å²) in [5.41, 5.74) is 3.37. The molecule has 0 saturated carbocycles. The van der Waals surface area contributed by atoms with Gasteiger partial charge in [0.15, 0.2) is 0 Å². The van der Waals surface area contributed by atoms with Crippen molar-refractivity contribution in [3.05, 3.63) is 60.2 Å². The molecule has 1 saturated heterocycles. The van der Waals surface area contributed by atoms with Crippen molar-refractivity contribution >= 4 is 17.3 Å². The fraction of sp³-hybridized carbons (Fsp3) is 0.458. The van der Waals surface area contributed by atoms with Crippen molar-refractivity contribution in [2.75, 3.05) is 50.0 Å². The lowest BCUT2D eigenvalue weighted by atomic mass is 10.2. The normalized spacial score (nSPS) is 15.1. The van der Waals surface area contributed by atoms with Crippen LogP contribution < -0.4 is 10.2 Å². The highest BCUT2D eigenvalue weighted by molar-refractivity contribution is 5.91. The Morgan fingerprint density at radius 1 is 1.00 bits per heavy atom. The van der Waals surface area contributed by atoms with E-state index in [4.69, 9.17) is 0 Å². The standard InChI is InChI=1S/C24H34N4O/c1-20(2)28(19-21-7-5-4-6-8-21)14-13-24(29)25-22-9-11-23(12-10-22)27-17-15-26(3)16-18-27/h4-12,20H,13-19H2,1-3H3,(H,25,29). The Bertz CT molecular complexity index is 752. The molecule has 0 radical (unpaired) electrons. The van der Waals surface area contributed by atoms with Crippen LogP contribution in [0, 0.1) is 0 Å². The second kappa shape index (κ2) is 10.4. The molecule has 1 heterocycles. The summed E-state index contributed by atoms with van der Waals surface area (Å²) in [5, 5.41) is 3.04. The number of nitrogens with zero attached hydrogens (tertiary/aromatic N) is 3. The zero-order chi connectivity index (χ0) is 20.6. The summed E-state index contributed by atoms with van der Waals surface area (Å²) in [5.74, 6) is 0.0658. The third-order valence-corrected chi connectivity index (χ3v) is 5.60. The van der Waals surface area contributed by atoms with Crippen LogP contribution in [0.15, 0.2) is 54.6 Å². The van der Waals surface area contributed by atoms with E-state index in [2.05, 4.69) is 77.3 Å². The molecule has 1 fully saturated rings. The van der Waals surface area contributed by atoms with E-state index in [1.807, 2.05) is 18.2 Å². The van der Waals surface area contributed by atoms with Crippen molar-refractivity contribution in [2.24, 2.45) is 0 Å². The first-order valence-corrected chi connectivity index (χ1v) is 10.6. The maximum absolute atomic E-state index is 12.5. The smallest absolute Gasteiger partial charge is 0.225 e. The first kappa shape index (κ1) is 21.3. The summed E-state index contributed by atoms with van der Waals surface area (Å²) in [4.78, 5) is 19.5. The van der Waals surface area contributed by atoms with E-state index < -0.39 is 0 Å². The van der Waals surface area contributed by atoms with Gasteiger partial charge >= 0.3 is 0 Å². The van der Waals surface area contributed by atoms with Crippen molar-refractivity contribution in [3.63, 3.8) is 0 Å². The summed E-state index contributed by atoms with van der Waals surface area (Å²) in [6, 6.07) is 19.1. The second-order valence-electron chi connectivity index (χ2n) is 8.19. The van der Waals surface area contributed by atoms with Crippen LogP contribution in [0.2, 0.25) is 0 Å². The Morgan fingerprint density at radius 3 is 2.28 bits per heavy atom. The molecule has 29 heavy (non-hydrogen) atoms. The van der Waals surface area contributed by atoms with Crippen molar-refractivity contribution < 1.29 is 4.79 Å². The van der Waals surface area contributed by atoms with Crippen LogP contribution in [-0.4, -0.2) is 61.5 Å². The van der Waals surface area contributed by atoms with Gasteiger partial charge in [0.1, 0.15) is 0 Å². The van der Waals surface area contributed by atoms with Crippen LogP contribution in [0.3, 0.4) is 0 Å². The highest BCUT2D eigenvalue weighted by Crippen LogP contribution is 2.19. The molecular formula is C24H34N4O. The van der Waals surface area contributed by atoms with E-state index in [0.717, 1.165) is 45.0 Å². The van der Waals surface area contributed by atoms with Gasteiger partial charge in [0, 0.05) is 63.1 Å². The van der Waals surface area contributed by atoms with E-state index in [-0.39, 0.29) is 5.91 Å². The Balaban J connectivity index is 1.48. The van der Waals surface area contributed by atoms with Crippen molar-refractivity contribution in [2.45, 2.75) is 32.9 Å². The lowest BCUT2D eigenvalue weighted by Crippen LogP contribution is -2.44. The third kappa shape index (κ3) is 6.58. The second-order valence-corrected chi connectivity index (χ2v) is 8.19. The molecule has 1 aliphatic rings. The minimum absolute atomic E-state index is 0.0658. The number of carbonyl (C=O) groups excluding carboxylic acids is 1. The Labute approximate surface area is 175 Å². The number of anilines is 2. The molecule has 5 heteroatoms. The molecule has 2 aromatic carbocycles. The van der Waals surface area contributed by atoms with Crippen molar-refractivity contribution in [1.82, 2.24) is 9.80 Å². The first-order valence-electron chi connectivity index (χ1n) is 10.6. The lowest BCUT2D eigenvalue weighted by Gasteiger charge is -2.34. The number of hydrogen-bond acceptors (Lipinski definition) is 4. The van der Waals surface area contributed by atoms with Crippen LogP contribution in [0.25, 0.3) is 0 Å². The van der Waals surface area contributed by atoms with Gasteiger partial charge in [0.2, 0.25) is 5.91 Å². The molecule has 0 bridgehead atoms. The molecule has 3 rings (SSSR count). The number of nitrogens with one attached hydrogen (secondary N) is 1. The maximum Gasteiger partial charge on any atom is 0.225 e. The summed E-state index contributed by atoms with van der Waals surface area (Å²) in [6.07, 6.45) is 0.491. The number of amides is 1. The van der Waals surface area contributed by atoms with E-state index in [1.165, 1.54) is 11.3 Å². The Hall–Kier alpha value is -2.37. The fourth-order valence-electron chi connectivity index (χ4n) is 3.63. The number of benzene rings is 2. The number of carbonyl (C=O) groups is 1. The minimum atomic E-state index is 0.0658. The number of piperazine rings is 1. The predicted octanol–water partition coefficient (Wildman–Crippen LogP) is 3.68. The van der Waals surface area contributed by atoms with Crippen LogP contribution in [0.5, 0.6) is 0 Å². The monoisotopic (exact) mass is 394 g/mol. The molecule has 1 amide bonds. The van der Waals surface area contributed by atoms with Crippen molar-refractivity contribution in [1.29, 1.82) is 0 Å². The molecule has 1 N–H and O–H groups in total. The van der Waals surface area contributed by atoms with Gasteiger partial charge in [0.05, 0.1) is 0 Å². The summed E-state index contributed by atoms with van der Waals surface area (Å²) in [6.45, 7) is 10.3. The van der Waals surface area contributed by atoms with Gasteiger partial charge < -0.3 is 15.1 Å². The third-order valence-electron chi connectivity index (χ3n) is 5.60. The molecule has 0 aliphatic carbocycles. The minimum Gasteiger partial charge on any atom is -0.369 e. The zero-order valence-electron chi connectivity index (χ0n) is 18.0. The molecule has 0 unspecified atom stereocenters. The van der Waals surface area contributed by atoms with Gasteiger partial charge in [-0.2, -0.15) is 0 Å². The molecule has 5 nitrogen and oxygen atoms in total. The Kier molecular flexibility index (Phi) is 7.67. The molecule has 156 valence electrons. The summed E-state index contributed by atoms with van der Waals surface area (Å²) >= 11 is 0. The summed E-state index contributed by atoms with van der Waals surface area (Å²) < 4.78 is 0. The van der Waals surface area contributed by atoms with Gasteiger partial charge in [-0.3, -0.25) is 9.69 Å². The van der Waals surface area contributed by atoms with Gasteiger partial charge in [-0.15, -0.1) is 0 Å². The fourth-order valence-corrected chi connectivity index (χ4v) is 3.63. The quantitative estimate of drug-likeness (QED) is 0.741. The molecule has 2 aromatic rings. The lowest BCUT2D eigenvalue weighted by molar-refractivity contribution is -0.116. The van der Waals surface area contributed by atoms with Crippen LogP contribution >= 0.6 is 0 Å². The van der Waals surface area contributed by atoms with E-state index in [9.17, 15) is 4.79 Å². The first-order chi connectivity index (χ1) is 14.0. The largest absolute Gasteiger partial charge is 0.369 e. The van der Waals surface area contributed by atoms with E-state index >= 15 is 0 Å². The molecule has 0 aromatic heterocycles.